The van der Waals surface area contributed by atoms with E-state index in [0.717, 1.165) is 83.5 Å². The molecule has 0 aliphatic carbocycles. The Kier molecular flexibility index (Phi) is 56.4. The number of rotatable bonds is 54. The normalized spacial score (nSPS) is 12.7. The average molecular weight is 950 g/mol. The number of esters is 2. The van der Waals surface area contributed by atoms with E-state index in [1.54, 1.807) is 0 Å². The van der Waals surface area contributed by atoms with Crippen LogP contribution in [-0.4, -0.2) is 37.9 Å². The molecule has 0 heterocycles. The molecule has 0 radical (unpaired) electrons. The Labute approximate surface area is 423 Å². The first-order chi connectivity index (χ1) is 33.6. The van der Waals surface area contributed by atoms with Crippen molar-refractivity contribution in [3.63, 3.8) is 0 Å². The number of carbonyl (C=O) groups is 2. The van der Waals surface area contributed by atoms with Gasteiger partial charge in [-0.2, -0.15) is 0 Å². The first kappa shape index (κ1) is 65.3. The summed E-state index contributed by atoms with van der Waals surface area (Å²) >= 11 is 0. The van der Waals surface area contributed by atoms with Crippen molar-refractivity contribution >= 4 is 11.9 Å². The highest BCUT2D eigenvalue weighted by Crippen LogP contribution is 2.15. The molecule has 0 aromatic heterocycles. The van der Waals surface area contributed by atoms with Gasteiger partial charge in [0.05, 0.1) is 6.61 Å². The van der Waals surface area contributed by atoms with Gasteiger partial charge >= 0.3 is 11.9 Å². The second kappa shape index (κ2) is 58.7. The maximum atomic E-state index is 12.9. The number of carbonyl (C=O) groups excluding carboxylic acids is 2. The first-order valence-electron chi connectivity index (χ1n) is 29.5. The van der Waals surface area contributed by atoms with Crippen LogP contribution in [0.4, 0.5) is 0 Å². The lowest BCUT2D eigenvalue weighted by molar-refractivity contribution is -0.163. The highest BCUT2D eigenvalue weighted by Gasteiger charge is 2.17. The summed E-state index contributed by atoms with van der Waals surface area (Å²) in [6, 6.07) is 0. The number of hydrogen-bond acceptors (Lipinski definition) is 5. The summed E-state index contributed by atoms with van der Waals surface area (Å²) in [6.45, 7) is 7.77. The van der Waals surface area contributed by atoms with Gasteiger partial charge in [0, 0.05) is 19.4 Å². The van der Waals surface area contributed by atoms with Crippen LogP contribution in [0, 0.1) is 0 Å². The van der Waals surface area contributed by atoms with Crippen LogP contribution >= 0.6 is 0 Å². The van der Waals surface area contributed by atoms with E-state index in [1.807, 2.05) is 0 Å². The predicted octanol–water partition coefficient (Wildman–Crippen LogP) is 20.2. The van der Waals surface area contributed by atoms with Crippen LogP contribution in [0.25, 0.3) is 0 Å². The first-order valence-corrected chi connectivity index (χ1v) is 29.5. The monoisotopic (exact) mass is 949 g/mol. The smallest absolute Gasteiger partial charge is 0.306 e. The van der Waals surface area contributed by atoms with Crippen LogP contribution in [0.3, 0.4) is 0 Å². The fourth-order valence-electron chi connectivity index (χ4n) is 8.29. The van der Waals surface area contributed by atoms with E-state index >= 15 is 0 Å². The van der Waals surface area contributed by atoms with Crippen LogP contribution in [0.1, 0.15) is 290 Å². The fourth-order valence-corrected chi connectivity index (χ4v) is 8.29. The minimum atomic E-state index is -0.555. The van der Waals surface area contributed by atoms with Gasteiger partial charge in [-0.15, -0.1) is 0 Å². The van der Waals surface area contributed by atoms with E-state index in [9.17, 15) is 9.59 Å². The standard InChI is InChI=1S/C63H112O5/c1-4-7-10-13-16-19-22-25-28-31-32-34-35-38-41-44-47-50-53-56-62(64)67-60-61(59-66-58-55-52-49-46-43-40-37-30-27-24-21-18-15-12-9-6-3)68-63(65)57-54-51-48-45-42-39-36-33-29-26-23-20-17-14-11-8-5-2/h16-17,19-20,25-26,28-29,32,34,38,41,61H,4-15,18,21-24,27,30-31,33,35-37,39-40,42-60H2,1-3H3/b19-16-,20-17-,28-25-,29-26-,34-32-,41-38-/t61-/m1/s1. The molecule has 5 nitrogen and oxygen atoms in total. The summed E-state index contributed by atoms with van der Waals surface area (Å²) in [7, 11) is 0. The van der Waals surface area contributed by atoms with Gasteiger partial charge in [0.25, 0.3) is 0 Å². The molecule has 0 aromatic carbocycles. The second-order valence-electron chi connectivity index (χ2n) is 19.5. The SMILES string of the molecule is CCCCC/C=C\C/C=C\C/C=C\C/C=C\CCCCCC(=O)OC[C@@H](COCCCCCCCCCCCCCCCCCC)OC(=O)CCCCCCCCC/C=C\C/C=C\CCCCC. The van der Waals surface area contributed by atoms with Gasteiger partial charge in [-0.3, -0.25) is 9.59 Å². The third kappa shape index (κ3) is 55.9. The minimum Gasteiger partial charge on any atom is -0.462 e. The molecular weight excluding hydrogens is 837 g/mol. The molecular formula is C63H112O5. The largest absolute Gasteiger partial charge is 0.462 e. The molecule has 0 spiro atoms. The Morgan fingerprint density at radius 2 is 0.618 bits per heavy atom. The van der Waals surface area contributed by atoms with Gasteiger partial charge in [0.2, 0.25) is 0 Å². The van der Waals surface area contributed by atoms with Gasteiger partial charge in [-0.25, -0.2) is 0 Å². The van der Waals surface area contributed by atoms with Crippen molar-refractivity contribution in [3.05, 3.63) is 72.9 Å². The zero-order valence-corrected chi connectivity index (χ0v) is 45.4. The van der Waals surface area contributed by atoms with Crippen LogP contribution in [-0.2, 0) is 23.8 Å². The molecule has 0 aromatic rings. The van der Waals surface area contributed by atoms with Crippen molar-refractivity contribution < 1.29 is 23.8 Å². The summed E-state index contributed by atoms with van der Waals surface area (Å²) in [5.41, 5.74) is 0. The summed E-state index contributed by atoms with van der Waals surface area (Å²) in [4.78, 5) is 25.5. The van der Waals surface area contributed by atoms with Crippen LogP contribution in [0.15, 0.2) is 72.9 Å². The number of allylic oxidation sites excluding steroid dienone is 12. The van der Waals surface area contributed by atoms with Crippen molar-refractivity contribution in [1.82, 2.24) is 0 Å². The predicted molar refractivity (Wildman–Crippen MR) is 297 cm³/mol. The highest BCUT2D eigenvalue weighted by molar-refractivity contribution is 5.70. The van der Waals surface area contributed by atoms with Gasteiger partial charge in [-0.1, -0.05) is 254 Å². The maximum absolute atomic E-state index is 12.9. The molecule has 0 amide bonds. The summed E-state index contributed by atoms with van der Waals surface area (Å²) in [5.74, 6) is -0.431. The van der Waals surface area contributed by atoms with Crippen molar-refractivity contribution in [2.45, 2.75) is 297 Å². The van der Waals surface area contributed by atoms with E-state index in [1.165, 1.54) is 173 Å². The molecule has 0 fully saturated rings. The molecule has 0 saturated heterocycles. The van der Waals surface area contributed by atoms with E-state index in [-0.39, 0.29) is 25.2 Å². The number of hydrogen-bond donors (Lipinski definition) is 0. The molecule has 0 aliphatic heterocycles. The highest BCUT2D eigenvalue weighted by atomic mass is 16.6. The summed E-state index contributed by atoms with van der Waals surface area (Å²) in [6.07, 6.45) is 76.3. The van der Waals surface area contributed by atoms with Gasteiger partial charge in [-0.05, 0) is 96.3 Å². The van der Waals surface area contributed by atoms with Crippen molar-refractivity contribution in [2.24, 2.45) is 0 Å². The van der Waals surface area contributed by atoms with Crippen LogP contribution < -0.4 is 0 Å². The molecule has 68 heavy (non-hydrogen) atoms. The molecule has 0 bridgehead atoms. The topological polar surface area (TPSA) is 61.8 Å². The van der Waals surface area contributed by atoms with E-state index in [0.29, 0.717) is 19.4 Å². The average Bonchev–Trinajstić information content (AvgIpc) is 3.34. The van der Waals surface area contributed by atoms with Gasteiger partial charge < -0.3 is 14.2 Å². The molecule has 0 aliphatic rings. The Morgan fingerprint density at radius 3 is 1.03 bits per heavy atom. The van der Waals surface area contributed by atoms with Crippen molar-refractivity contribution in [1.29, 1.82) is 0 Å². The lowest BCUT2D eigenvalue weighted by Crippen LogP contribution is -2.30. The number of ether oxygens (including phenoxy) is 3. The Balaban J connectivity index is 4.34. The Bertz CT molecular complexity index is 1210. The summed E-state index contributed by atoms with van der Waals surface area (Å²) < 4.78 is 17.5. The van der Waals surface area contributed by atoms with Gasteiger partial charge in [0.15, 0.2) is 6.10 Å². The molecule has 5 heteroatoms. The zero-order chi connectivity index (χ0) is 49.2. The minimum absolute atomic E-state index is 0.0662. The molecule has 1 atom stereocenters. The molecule has 0 unspecified atom stereocenters. The third-order valence-corrected chi connectivity index (χ3v) is 12.7. The van der Waals surface area contributed by atoms with Gasteiger partial charge in [0.1, 0.15) is 6.61 Å². The molecule has 0 N–H and O–H groups in total. The van der Waals surface area contributed by atoms with Crippen molar-refractivity contribution in [2.75, 3.05) is 19.8 Å². The van der Waals surface area contributed by atoms with E-state index < -0.39 is 6.10 Å². The van der Waals surface area contributed by atoms with E-state index in [4.69, 9.17) is 14.2 Å². The zero-order valence-electron chi connectivity index (χ0n) is 45.4. The van der Waals surface area contributed by atoms with Crippen LogP contribution in [0.5, 0.6) is 0 Å². The molecule has 394 valence electrons. The maximum Gasteiger partial charge on any atom is 0.306 e. The fraction of sp³-hybridized carbons (Fsp3) is 0.778. The Morgan fingerprint density at radius 1 is 0.324 bits per heavy atom. The van der Waals surface area contributed by atoms with E-state index in [2.05, 4.69) is 93.7 Å². The quantitative estimate of drug-likeness (QED) is 0.0345. The van der Waals surface area contributed by atoms with Crippen molar-refractivity contribution in [3.8, 4) is 0 Å². The Hall–Kier alpha value is -2.66. The summed E-state index contributed by atoms with van der Waals surface area (Å²) in [5, 5.41) is 0. The lowest BCUT2D eigenvalue weighted by Gasteiger charge is -2.18. The van der Waals surface area contributed by atoms with Crippen LogP contribution in [0.2, 0.25) is 0 Å². The molecule has 0 rings (SSSR count). The number of unbranched alkanes of at least 4 members (excludes halogenated alkanes) is 31. The second-order valence-corrected chi connectivity index (χ2v) is 19.5. The lowest BCUT2D eigenvalue weighted by atomic mass is 10.0. The third-order valence-electron chi connectivity index (χ3n) is 12.7. The molecule has 0 saturated carbocycles.